The molecule has 20 heavy (non-hydrogen) atoms. The van der Waals surface area contributed by atoms with E-state index in [1.807, 2.05) is 0 Å². The molecular weight excluding hydrogens is 389 g/mol. The highest BCUT2D eigenvalue weighted by Gasteiger charge is 2.31. The zero-order chi connectivity index (χ0) is 14.8. The fourth-order valence-electron chi connectivity index (χ4n) is 2.70. The van der Waals surface area contributed by atoms with Crippen LogP contribution >= 0.6 is 22.6 Å². The summed E-state index contributed by atoms with van der Waals surface area (Å²) < 4.78 is 29.7. The van der Waals surface area contributed by atoms with Crippen LogP contribution in [0.4, 0.5) is 0 Å². The minimum Gasteiger partial charge on any atom is -0.381 e. The van der Waals surface area contributed by atoms with E-state index in [4.69, 9.17) is 9.88 Å². The summed E-state index contributed by atoms with van der Waals surface area (Å²) in [6.45, 7) is 3.04. The van der Waals surface area contributed by atoms with Crippen molar-refractivity contribution in [3.05, 3.63) is 33.4 Å². The topological polar surface area (TPSA) is 69.4 Å². The van der Waals surface area contributed by atoms with Gasteiger partial charge in [-0.15, -0.1) is 0 Å². The minimum absolute atomic E-state index is 0.255. The van der Waals surface area contributed by atoms with Gasteiger partial charge in [-0.3, -0.25) is 0 Å². The fraction of sp³-hybridized carbons (Fsp3) is 0.571. The molecule has 0 aliphatic carbocycles. The molecule has 1 aliphatic rings. The molecule has 0 aromatic heterocycles. The van der Waals surface area contributed by atoms with Crippen LogP contribution in [0.2, 0.25) is 0 Å². The van der Waals surface area contributed by atoms with E-state index in [1.54, 1.807) is 6.92 Å². The number of halogens is 1. The van der Waals surface area contributed by atoms with Crippen molar-refractivity contribution in [2.75, 3.05) is 13.2 Å². The van der Waals surface area contributed by atoms with Crippen molar-refractivity contribution in [3.8, 4) is 0 Å². The maximum absolute atomic E-state index is 11.4. The predicted octanol–water partition coefficient (Wildman–Crippen LogP) is 2.48. The Morgan fingerprint density at radius 2 is 2.05 bits per heavy atom. The molecule has 0 amide bonds. The molecule has 0 saturated carbocycles. The van der Waals surface area contributed by atoms with Crippen molar-refractivity contribution in [3.63, 3.8) is 0 Å². The van der Waals surface area contributed by atoms with Gasteiger partial charge in [-0.2, -0.15) is 0 Å². The Kier molecular flexibility index (Phi) is 5.44. The zero-order valence-corrected chi connectivity index (χ0v) is 14.4. The summed E-state index contributed by atoms with van der Waals surface area (Å²) >= 11 is 2.28. The second-order valence-corrected chi connectivity index (χ2v) is 8.65. The second-order valence-electron chi connectivity index (χ2n) is 5.42. The molecule has 3 atom stereocenters. The molecule has 1 fully saturated rings. The predicted molar refractivity (Wildman–Crippen MR) is 88.0 cm³/mol. The van der Waals surface area contributed by atoms with E-state index in [-0.39, 0.29) is 5.92 Å². The van der Waals surface area contributed by atoms with E-state index >= 15 is 0 Å². The Labute approximate surface area is 134 Å². The molecule has 112 valence electrons. The van der Waals surface area contributed by atoms with E-state index in [0.29, 0.717) is 25.6 Å². The van der Waals surface area contributed by atoms with Gasteiger partial charge in [0.05, 0.1) is 11.9 Å². The Bertz CT molecular complexity index is 544. The molecule has 2 rings (SSSR count). The lowest BCUT2D eigenvalue weighted by atomic mass is 9.80. The number of hydrogen-bond donors (Lipinski definition) is 1. The van der Waals surface area contributed by atoms with Crippen LogP contribution in [-0.2, 0) is 14.8 Å². The minimum atomic E-state index is -3.46. The lowest BCUT2D eigenvalue weighted by Crippen LogP contribution is -2.33. The van der Waals surface area contributed by atoms with Crippen LogP contribution in [-0.4, -0.2) is 26.9 Å². The maximum Gasteiger partial charge on any atom is 0.211 e. The van der Waals surface area contributed by atoms with Gasteiger partial charge in [0.2, 0.25) is 10.0 Å². The Balaban J connectivity index is 2.15. The molecule has 0 spiro atoms. The number of sulfonamides is 1. The van der Waals surface area contributed by atoms with E-state index in [9.17, 15) is 8.42 Å². The summed E-state index contributed by atoms with van der Waals surface area (Å²) in [7, 11) is -3.46. The molecule has 1 aromatic carbocycles. The van der Waals surface area contributed by atoms with Crippen molar-refractivity contribution < 1.29 is 13.2 Å². The van der Waals surface area contributed by atoms with Crippen LogP contribution in [0.25, 0.3) is 0 Å². The Hall–Kier alpha value is -0.180. The third-order valence-electron chi connectivity index (χ3n) is 3.99. The van der Waals surface area contributed by atoms with Crippen molar-refractivity contribution in [1.29, 1.82) is 0 Å². The first-order chi connectivity index (χ1) is 9.38. The van der Waals surface area contributed by atoms with Gasteiger partial charge in [-0.25, -0.2) is 13.6 Å². The summed E-state index contributed by atoms with van der Waals surface area (Å²) in [6.07, 6.45) is 1.48. The number of nitrogens with two attached hydrogens (primary N) is 1. The van der Waals surface area contributed by atoms with Crippen LogP contribution in [0.15, 0.2) is 24.3 Å². The smallest absolute Gasteiger partial charge is 0.211 e. The molecule has 2 N–H and O–H groups in total. The molecule has 1 saturated heterocycles. The molecule has 4 nitrogen and oxygen atoms in total. The Morgan fingerprint density at radius 3 is 2.65 bits per heavy atom. The summed E-state index contributed by atoms with van der Waals surface area (Å²) in [4.78, 5) is 0. The average molecular weight is 409 g/mol. The lowest BCUT2D eigenvalue weighted by molar-refractivity contribution is 0.0442. The van der Waals surface area contributed by atoms with E-state index in [0.717, 1.165) is 6.42 Å². The van der Waals surface area contributed by atoms with Crippen LogP contribution in [0, 0.1) is 9.49 Å². The third kappa shape index (κ3) is 4.16. The van der Waals surface area contributed by atoms with Crippen LogP contribution < -0.4 is 5.14 Å². The first-order valence-electron chi connectivity index (χ1n) is 6.72. The van der Waals surface area contributed by atoms with E-state index < -0.39 is 15.3 Å². The maximum atomic E-state index is 11.4. The quantitative estimate of drug-likeness (QED) is 0.777. The van der Waals surface area contributed by atoms with Crippen molar-refractivity contribution in [2.24, 2.45) is 11.1 Å². The van der Waals surface area contributed by atoms with Crippen molar-refractivity contribution in [1.82, 2.24) is 0 Å². The summed E-state index contributed by atoms with van der Waals surface area (Å²) in [5.41, 5.74) is 1.22. The fourth-order valence-corrected chi connectivity index (χ4v) is 3.58. The normalized spacial score (nSPS) is 25.4. The molecule has 0 bridgehead atoms. The van der Waals surface area contributed by atoms with E-state index in [2.05, 4.69) is 46.9 Å². The summed E-state index contributed by atoms with van der Waals surface area (Å²) in [5.74, 6) is 0.557. The summed E-state index contributed by atoms with van der Waals surface area (Å²) in [6, 6.07) is 8.36. The number of benzene rings is 1. The molecule has 1 aromatic rings. The SMILES string of the molecule is CC(CC1CCOCC1c1ccc(I)cc1)S(N)(=O)=O. The van der Waals surface area contributed by atoms with Gasteiger partial charge in [0.15, 0.2) is 0 Å². The number of rotatable bonds is 4. The Morgan fingerprint density at radius 1 is 1.40 bits per heavy atom. The van der Waals surface area contributed by atoms with Gasteiger partial charge in [-0.05, 0) is 66.0 Å². The van der Waals surface area contributed by atoms with Gasteiger partial charge in [0, 0.05) is 16.1 Å². The second kappa shape index (κ2) is 6.72. The zero-order valence-electron chi connectivity index (χ0n) is 11.5. The standard InChI is InChI=1S/C14H20INO3S/c1-10(20(16,17)18)8-12-6-7-19-9-14(12)11-2-4-13(15)5-3-11/h2-5,10,12,14H,6-9H2,1H3,(H2,16,17,18). The van der Waals surface area contributed by atoms with Gasteiger partial charge in [0.1, 0.15) is 0 Å². The highest BCUT2D eigenvalue weighted by atomic mass is 127. The van der Waals surface area contributed by atoms with Crippen LogP contribution in [0.5, 0.6) is 0 Å². The van der Waals surface area contributed by atoms with Crippen LogP contribution in [0.1, 0.15) is 31.2 Å². The highest BCUT2D eigenvalue weighted by molar-refractivity contribution is 14.1. The molecule has 0 radical (unpaired) electrons. The third-order valence-corrected chi connectivity index (χ3v) is 6.03. The molecule has 1 heterocycles. The van der Waals surface area contributed by atoms with E-state index in [1.165, 1.54) is 9.13 Å². The van der Waals surface area contributed by atoms with Crippen molar-refractivity contribution in [2.45, 2.75) is 30.9 Å². The average Bonchev–Trinajstić information content (AvgIpc) is 2.39. The monoisotopic (exact) mass is 409 g/mol. The number of primary sulfonamides is 1. The van der Waals surface area contributed by atoms with Gasteiger partial charge >= 0.3 is 0 Å². The first kappa shape index (κ1) is 16.2. The van der Waals surface area contributed by atoms with Crippen molar-refractivity contribution >= 4 is 32.6 Å². The summed E-state index contributed by atoms with van der Waals surface area (Å²) in [5, 5.41) is 4.74. The first-order valence-corrected chi connectivity index (χ1v) is 9.41. The van der Waals surface area contributed by atoms with Gasteiger partial charge in [-0.1, -0.05) is 12.1 Å². The lowest BCUT2D eigenvalue weighted by Gasteiger charge is -2.33. The number of hydrogen-bond acceptors (Lipinski definition) is 3. The highest BCUT2D eigenvalue weighted by Crippen LogP contribution is 2.35. The molecule has 6 heteroatoms. The molecule has 3 unspecified atom stereocenters. The van der Waals surface area contributed by atoms with Gasteiger partial charge < -0.3 is 4.74 Å². The van der Waals surface area contributed by atoms with Crippen LogP contribution in [0.3, 0.4) is 0 Å². The molecular formula is C14H20INO3S. The number of ether oxygens (including phenoxy) is 1. The molecule has 1 aliphatic heterocycles. The van der Waals surface area contributed by atoms with Gasteiger partial charge in [0.25, 0.3) is 0 Å². The largest absolute Gasteiger partial charge is 0.381 e.